The van der Waals surface area contributed by atoms with Gasteiger partial charge in [-0.25, -0.2) is 0 Å². The standard InChI is InChI=1S/C11H13NO2/c1-11(2)6-14-9-5-7(10(12)13)3-4-8(9)11/h3-5H,6H2,1-2H3,(H2,12,13). The number of carbonyl (C=O) groups excluding carboxylic acids is 1. The van der Waals surface area contributed by atoms with Crippen molar-refractivity contribution in [2.24, 2.45) is 5.73 Å². The van der Waals surface area contributed by atoms with Crippen molar-refractivity contribution in [3.05, 3.63) is 29.3 Å². The molecule has 0 atom stereocenters. The van der Waals surface area contributed by atoms with Crippen LogP contribution in [0.15, 0.2) is 18.2 Å². The predicted octanol–water partition coefficient (Wildman–Crippen LogP) is 1.46. The van der Waals surface area contributed by atoms with Crippen molar-refractivity contribution >= 4 is 5.91 Å². The average molecular weight is 191 g/mol. The summed E-state index contributed by atoms with van der Waals surface area (Å²) in [6.07, 6.45) is 0. The van der Waals surface area contributed by atoms with E-state index in [1.165, 1.54) is 0 Å². The minimum atomic E-state index is -0.416. The lowest BCUT2D eigenvalue weighted by Gasteiger charge is -2.14. The van der Waals surface area contributed by atoms with Crippen LogP contribution < -0.4 is 10.5 Å². The van der Waals surface area contributed by atoms with Gasteiger partial charge in [-0.05, 0) is 12.1 Å². The molecular weight excluding hydrogens is 178 g/mol. The average Bonchev–Trinajstić information content (AvgIpc) is 2.42. The second-order valence-electron chi connectivity index (χ2n) is 4.25. The van der Waals surface area contributed by atoms with E-state index in [-0.39, 0.29) is 5.41 Å². The topological polar surface area (TPSA) is 52.3 Å². The maximum atomic E-state index is 10.9. The van der Waals surface area contributed by atoms with Crippen LogP contribution in [0.4, 0.5) is 0 Å². The highest BCUT2D eigenvalue weighted by molar-refractivity contribution is 5.93. The minimum Gasteiger partial charge on any atom is -0.492 e. The lowest BCUT2D eigenvalue weighted by atomic mass is 9.86. The van der Waals surface area contributed by atoms with Crippen LogP contribution in [-0.2, 0) is 5.41 Å². The summed E-state index contributed by atoms with van der Waals surface area (Å²) in [5.41, 5.74) is 6.86. The van der Waals surface area contributed by atoms with E-state index in [1.54, 1.807) is 12.1 Å². The summed E-state index contributed by atoms with van der Waals surface area (Å²) < 4.78 is 5.50. The normalized spacial score (nSPS) is 17.3. The zero-order valence-corrected chi connectivity index (χ0v) is 8.33. The molecule has 0 aliphatic carbocycles. The number of benzene rings is 1. The SMILES string of the molecule is CC1(C)COc2cc(C(N)=O)ccc21. The Morgan fingerprint density at radius 3 is 2.86 bits per heavy atom. The molecule has 0 spiro atoms. The van der Waals surface area contributed by atoms with Crippen LogP contribution in [0.3, 0.4) is 0 Å². The molecule has 0 saturated heterocycles. The van der Waals surface area contributed by atoms with E-state index in [9.17, 15) is 4.79 Å². The molecule has 0 fully saturated rings. The predicted molar refractivity (Wildman–Crippen MR) is 53.5 cm³/mol. The van der Waals surface area contributed by atoms with Crippen molar-refractivity contribution in [3.63, 3.8) is 0 Å². The molecule has 0 bridgehead atoms. The Morgan fingerprint density at radius 1 is 1.50 bits per heavy atom. The second kappa shape index (κ2) is 2.74. The van der Waals surface area contributed by atoms with Gasteiger partial charge in [0.2, 0.25) is 5.91 Å². The molecule has 1 aliphatic heterocycles. The second-order valence-corrected chi connectivity index (χ2v) is 4.25. The maximum absolute atomic E-state index is 10.9. The Balaban J connectivity index is 2.49. The fraction of sp³-hybridized carbons (Fsp3) is 0.364. The van der Waals surface area contributed by atoms with Crippen LogP contribution in [-0.4, -0.2) is 12.5 Å². The third-order valence-corrected chi connectivity index (χ3v) is 2.58. The molecule has 0 aromatic heterocycles. The highest BCUT2D eigenvalue weighted by Gasteiger charge is 2.31. The summed E-state index contributed by atoms with van der Waals surface area (Å²) in [6, 6.07) is 5.38. The highest BCUT2D eigenvalue weighted by atomic mass is 16.5. The van der Waals surface area contributed by atoms with Crippen molar-refractivity contribution in [1.82, 2.24) is 0 Å². The Morgan fingerprint density at radius 2 is 2.21 bits per heavy atom. The molecule has 0 unspecified atom stereocenters. The molecule has 1 aliphatic rings. The zero-order valence-electron chi connectivity index (χ0n) is 8.33. The summed E-state index contributed by atoms with van der Waals surface area (Å²) in [7, 11) is 0. The maximum Gasteiger partial charge on any atom is 0.248 e. The van der Waals surface area contributed by atoms with Gasteiger partial charge < -0.3 is 10.5 Å². The molecule has 2 rings (SSSR count). The molecule has 74 valence electrons. The molecule has 1 aromatic rings. The van der Waals surface area contributed by atoms with Gasteiger partial charge in [0.05, 0.1) is 6.61 Å². The van der Waals surface area contributed by atoms with Gasteiger partial charge in [-0.3, -0.25) is 4.79 Å². The lowest BCUT2D eigenvalue weighted by molar-refractivity contribution is 0.1000. The molecule has 1 amide bonds. The van der Waals surface area contributed by atoms with Gasteiger partial charge in [0.15, 0.2) is 0 Å². The molecule has 2 N–H and O–H groups in total. The molecular formula is C11H13NO2. The fourth-order valence-corrected chi connectivity index (χ4v) is 1.69. The van der Waals surface area contributed by atoms with Gasteiger partial charge in [-0.2, -0.15) is 0 Å². The van der Waals surface area contributed by atoms with Gasteiger partial charge in [-0.15, -0.1) is 0 Å². The van der Waals surface area contributed by atoms with Crippen LogP contribution in [0.25, 0.3) is 0 Å². The third-order valence-electron chi connectivity index (χ3n) is 2.58. The first-order valence-corrected chi connectivity index (χ1v) is 4.58. The van der Waals surface area contributed by atoms with Crippen molar-refractivity contribution in [1.29, 1.82) is 0 Å². The third kappa shape index (κ3) is 1.25. The molecule has 0 saturated carbocycles. The van der Waals surface area contributed by atoms with Crippen molar-refractivity contribution < 1.29 is 9.53 Å². The Bertz CT molecular complexity index is 396. The van der Waals surface area contributed by atoms with E-state index in [2.05, 4.69) is 13.8 Å². The summed E-state index contributed by atoms with van der Waals surface area (Å²) in [5.74, 6) is 0.368. The Kier molecular flexibility index (Phi) is 1.77. The molecule has 3 heteroatoms. The zero-order chi connectivity index (χ0) is 10.3. The van der Waals surface area contributed by atoms with Gasteiger partial charge in [-0.1, -0.05) is 19.9 Å². The van der Waals surface area contributed by atoms with E-state index >= 15 is 0 Å². The summed E-state index contributed by atoms with van der Waals surface area (Å²) >= 11 is 0. The van der Waals surface area contributed by atoms with Crippen molar-refractivity contribution in [2.75, 3.05) is 6.61 Å². The van der Waals surface area contributed by atoms with E-state index in [0.717, 1.165) is 11.3 Å². The van der Waals surface area contributed by atoms with Gasteiger partial charge in [0, 0.05) is 16.5 Å². The number of ether oxygens (including phenoxy) is 1. The number of hydrogen-bond donors (Lipinski definition) is 1. The highest BCUT2D eigenvalue weighted by Crippen LogP contribution is 2.38. The molecule has 14 heavy (non-hydrogen) atoms. The first-order chi connectivity index (χ1) is 6.50. The van der Waals surface area contributed by atoms with Gasteiger partial charge >= 0.3 is 0 Å². The van der Waals surface area contributed by atoms with E-state index in [1.807, 2.05) is 6.07 Å². The van der Waals surface area contributed by atoms with Crippen molar-refractivity contribution in [3.8, 4) is 5.75 Å². The van der Waals surface area contributed by atoms with Crippen LogP contribution in [0, 0.1) is 0 Å². The smallest absolute Gasteiger partial charge is 0.248 e. The lowest BCUT2D eigenvalue weighted by Crippen LogP contribution is -2.18. The van der Waals surface area contributed by atoms with E-state index < -0.39 is 5.91 Å². The number of carbonyl (C=O) groups is 1. The Hall–Kier alpha value is -1.51. The van der Waals surface area contributed by atoms with E-state index in [0.29, 0.717) is 12.2 Å². The van der Waals surface area contributed by atoms with Gasteiger partial charge in [0.25, 0.3) is 0 Å². The summed E-state index contributed by atoms with van der Waals surface area (Å²) in [5, 5.41) is 0. The first kappa shape index (κ1) is 9.06. The molecule has 1 heterocycles. The van der Waals surface area contributed by atoms with Gasteiger partial charge in [0.1, 0.15) is 5.75 Å². The quantitative estimate of drug-likeness (QED) is 0.730. The number of rotatable bonds is 1. The van der Waals surface area contributed by atoms with Crippen LogP contribution in [0.1, 0.15) is 29.8 Å². The number of amides is 1. The first-order valence-electron chi connectivity index (χ1n) is 4.58. The number of nitrogens with two attached hydrogens (primary N) is 1. The summed E-state index contributed by atoms with van der Waals surface area (Å²) in [6.45, 7) is 4.89. The minimum absolute atomic E-state index is 0.0332. The monoisotopic (exact) mass is 191 g/mol. The molecule has 3 nitrogen and oxygen atoms in total. The van der Waals surface area contributed by atoms with Crippen LogP contribution in [0.5, 0.6) is 5.75 Å². The van der Waals surface area contributed by atoms with E-state index in [4.69, 9.17) is 10.5 Å². The Labute approximate surface area is 82.9 Å². The van der Waals surface area contributed by atoms with Crippen LogP contribution >= 0.6 is 0 Å². The fourth-order valence-electron chi connectivity index (χ4n) is 1.69. The number of hydrogen-bond acceptors (Lipinski definition) is 2. The largest absolute Gasteiger partial charge is 0.492 e. The van der Waals surface area contributed by atoms with Crippen LogP contribution in [0.2, 0.25) is 0 Å². The number of primary amides is 1. The number of fused-ring (bicyclic) bond motifs is 1. The molecule has 1 aromatic carbocycles. The molecule has 0 radical (unpaired) electrons. The van der Waals surface area contributed by atoms with Crippen molar-refractivity contribution in [2.45, 2.75) is 19.3 Å². The summed E-state index contributed by atoms with van der Waals surface area (Å²) in [4.78, 5) is 10.9.